The number of benzene rings is 3. The maximum absolute atomic E-state index is 13.0. The van der Waals surface area contributed by atoms with Gasteiger partial charge in [-0.05, 0) is 17.2 Å². The average molecular weight is 433 g/mol. The van der Waals surface area contributed by atoms with Crippen molar-refractivity contribution in [3.63, 3.8) is 0 Å². The second-order valence-corrected chi connectivity index (χ2v) is 8.43. The molecule has 3 aromatic rings. The van der Waals surface area contributed by atoms with Crippen LogP contribution in [0.2, 0.25) is 0 Å². The van der Waals surface area contributed by atoms with Crippen LogP contribution in [0.3, 0.4) is 0 Å². The van der Waals surface area contributed by atoms with Crippen molar-refractivity contribution in [1.29, 1.82) is 0 Å². The fourth-order valence-electron chi connectivity index (χ4n) is 4.03. The number of halogens is 1. The van der Waals surface area contributed by atoms with Crippen molar-refractivity contribution in [2.24, 2.45) is 4.99 Å². The summed E-state index contributed by atoms with van der Waals surface area (Å²) in [5, 5.41) is 0. The van der Waals surface area contributed by atoms with Gasteiger partial charge in [-0.15, -0.1) is 11.6 Å². The minimum Gasteiger partial charge on any atom is -0.468 e. The molecule has 2 atom stereocenters. The summed E-state index contributed by atoms with van der Waals surface area (Å²) in [7, 11) is 1.43. The first-order chi connectivity index (χ1) is 15.1. The third kappa shape index (κ3) is 4.87. The van der Waals surface area contributed by atoms with Gasteiger partial charge in [-0.3, -0.25) is 14.7 Å². The van der Waals surface area contributed by atoms with Gasteiger partial charge in [-0.1, -0.05) is 78.9 Å². The normalized spacial score (nSPS) is 18.0. The van der Waals surface area contributed by atoms with Gasteiger partial charge >= 0.3 is 5.97 Å². The predicted molar refractivity (Wildman–Crippen MR) is 125 cm³/mol. The topological polar surface area (TPSA) is 41.9 Å². The van der Waals surface area contributed by atoms with Crippen LogP contribution >= 0.6 is 11.6 Å². The number of alkyl halides is 1. The van der Waals surface area contributed by atoms with Crippen molar-refractivity contribution >= 4 is 29.5 Å². The molecule has 4 nitrogen and oxygen atoms in total. The van der Waals surface area contributed by atoms with E-state index in [1.165, 1.54) is 7.11 Å². The molecule has 0 aromatic heterocycles. The minimum atomic E-state index is -0.860. The quantitative estimate of drug-likeness (QED) is 0.350. The van der Waals surface area contributed by atoms with Crippen molar-refractivity contribution in [3.05, 3.63) is 102 Å². The van der Waals surface area contributed by atoms with Crippen LogP contribution in [0, 0.1) is 0 Å². The first-order valence-electron chi connectivity index (χ1n) is 10.3. The molecular formula is C26H25ClN2O2. The molecule has 0 amide bonds. The number of aliphatic imine (C=N–C) groups is 1. The molecule has 0 saturated heterocycles. The van der Waals surface area contributed by atoms with E-state index in [-0.39, 0.29) is 5.97 Å². The SMILES string of the molecule is COC(=O)[C@H](CC1(Cl)C=Nc2ccccc21)N(Cc1ccccc1)Cc1ccccc1. The molecule has 3 aromatic carbocycles. The lowest BCUT2D eigenvalue weighted by Crippen LogP contribution is -2.44. The Balaban J connectivity index is 1.67. The summed E-state index contributed by atoms with van der Waals surface area (Å²) in [5.74, 6) is -0.301. The van der Waals surface area contributed by atoms with Crippen LogP contribution in [0.15, 0.2) is 89.9 Å². The zero-order valence-electron chi connectivity index (χ0n) is 17.4. The Morgan fingerprint density at radius 3 is 2.06 bits per heavy atom. The summed E-state index contributed by atoms with van der Waals surface area (Å²) in [6, 6.07) is 27.5. The van der Waals surface area contributed by atoms with Gasteiger partial charge in [0, 0.05) is 31.3 Å². The molecular weight excluding hydrogens is 408 g/mol. The fraction of sp³-hybridized carbons (Fsp3) is 0.231. The van der Waals surface area contributed by atoms with Crippen molar-refractivity contribution < 1.29 is 9.53 Å². The third-order valence-electron chi connectivity index (χ3n) is 5.62. The van der Waals surface area contributed by atoms with Crippen LogP contribution in [-0.4, -0.2) is 30.2 Å². The Morgan fingerprint density at radius 2 is 1.48 bits per heavy atom. The van der Waals surface area contributed by atoms with Crippen LogP contribution in [0.1, 0.15) is 23.1 Å². The average Bonchev–Trinajstić information content (AvgIpc) is 3.15. The molecule has 5 heteroatoms. The number of rotatable bonds is 8. The van der Waals surface area contributed by atoms with E-state index in [1.807, 2.05) is 60.7 Å². The van der Waals surface area contributed by atoms with Gasteiger partial charge in [-0.25, -0.2) is 0 Å². The third-order valence-corrected chi connectivity index (χ3v) is 6.08. The Labute approximate surface area is 188 Å². The lowest BCUT2D eigenvalue weighted by atomic mass is 9.91. The summed E-state index contributed by atoms with van der Waals surface area (Å²) < 4.78 is 5.23. The molecule has 1 aliphatic rings. The number of methoxy groups -OCH3 is 1. The van der Waals surface area contributed by atoms with E-state index in [2.05, 4.69) is 34.2 Å². The molecule has 1 unspecified atom stereocenters. The Morgan fingerprint density at radius 1 is 0.935 bits per heavy atom. The van der Waals surface area contributed by atoms with Crippen LogP contribution < -0.4 is 0 Å². The molecule has 0 saturated carbocycles. The predicted octanol–water partition coefficient (Wildman–Crippen LogP) is 5.47. The fourth-order valence-corrected chi connectivity index (χ4v) is 4.39. The smallest absolute Gasteiger partial charge is 0.323 e. The number of nitrogens with zero attached hydrogens (tertiary/aromatic N) is 2. The molecule has 0 radical (unpaired) electrons. The van der Waals surface area contributed by atoms with E-state index in [0.29, 0.717) is 19.5 Å². The molecule has 0 aliphatic carbocycles. The highest BCUT2D eigenvalue weighted by molar-refractivity contribution is 6.33. The number of esters is 1. The molecule has 1 heterocycles. The molecule has 0 fully saturated rings. The highest BCUT2D eigenvalue weighted by Gasteiger charge is 2.41. The van der Waals surface area contributed by atoms with Gasteiger partial charge in [-0.2, -0.15) is 0 Å². The number of fused-ring (bicyclic) bond motifs is 1. The molecule has 0 N–H and O–H groups in total. The molecule has 158 valence electrons. The Hall–Kier alpha value is -2.95. The largest absolute Gasteiger partial charge is 0.468 e. The number of para-hydroxylation sites is 1. The second-order valence-electron chi connectivity index (χ2n) is 7.76. The van der Waals surface area contributed by atoms with E-state index in [9.17, 15) is 4.79 Å². The number of ether oxygens (including phenoxy) is 1. The van der Waals surface area contributed by atoms with Gasteiger partial charge in [0.25, 0.3) is 0 Å². The maximum atomic E-state index is 13.0. The van der Waals surface area contributed by atoms with Crippen molar-refractivity contribution in [3.8, 4) is 0 Å². The lowest BCUT2D eigenvalue weighted by molar-refractivity contribution is -0.148. The van der Waals surface area contributed by atoms with E-state index in [1.54, 1.807) is 6.21 Å². The summed E-state index contributed by atoms with van der Waals surface area (Å²) in [6.07, 6.45) is 2.11. The molecule has 0 spiro atoms. The monoisotopic (exact) mass is 432 g/mol. The Kier molecular flexibility index (Phi) is 6.50. The van der Waals surface area contributed by atoms with Gasteiger partial charge in [0.2, 0.25) is 0 Å². The van der Waals surface area contributed by atoms with Gasteiger partial charge < -0.3 is 4.74 Å². The first kappa shape index (κ1) is 21.3. The number of carbonyl (C=O) groups excluding carboxylic acids is 1. The van der Waals surface area contributed by atoms with Crippen LogP contribution in [0.4, 0.5) is 5.69 Å². The van der Waals surface area contributed by atoms with Crippen molar-refractivity contribution in [2.75, 3.05) is 7.11 Å². The zero-order chi connectivity index (χ0) is 21.7. The van der Waals surface area contributed by atoms with E-state index < -0.39 is 10.9 Å². The van der Waals surface area contributed by atoms with Crippen LogP contribution in [0.25, 0.3) is 0 Å². The standard InChI is InChI=1S/C26H25ClN2O2/c1-31-25(30)24(16-26(27)19-28-23-15-9-8-14-22(23)26)29(17-20-10-4-2-5-11-20)18-21-12-6-3-7-13-21/h2-15,19,24H,16-18H2,1H3/t24-,26?/m0/s1. The zero-order valence-corrected chi connectivity index (χ0v) is 18.2. The van der Waals surface area contributed by atoms with Crippen LogP contribution in [-0.2, 0) is 27.5 Å². The molecule has 31 heavy (non-hydrogen) atoms. The minimum absolute atomic E-state index is 0.301. The summed E-state index contributed by atoms with van der Waals surface area (Å²) in [5.41, 5.74) is 4.01. The summed E-state index contributed by atoms with van der Waals surface area (Å²) in [6.45, 7) is 1.20. The van der Waals surface area contributed by atoms with Crippen molar-refractivity contribution in [1.82, 2.24) is 4.90 Å². The highest BCUT2D eigenvalue weighted by atomic mass is 35.5. The van der Waals surface area contributed by atoms with E-state index in [4.69, 9.17) is 16.3 Å². The first-order valence-corrected chi connectivity index (χ1v) is 10.7. The number of hydrogen-bond acceptors (Lipinski definition) is 4. The van der Waals surface area contributed by atoms with Crippen LogP contribution in [0.5, 0.6) is 0 Å². The second kappa shape index (κ2) is 9.46. The van der Waals surface area contributed by atoms with Crippen molar-refractivity contribution in [2.45, 2.75) is 30.4 Å². The maximum Gasteiger partial charge on any atom is 0.323 e. The van der Waals surface area contributed by atoms with E-state index >= 15 is 0 Å². The summed E-state index contributed by atoms with van der Waals surface area (Å²) >= 11 is 7.06. The lowest BCUT2D eigenvalue weighted by Gasteiger charge is -2.34. The molecule has 1 aliphatic heterocycles. The van der Waals surface area contributed by atoms with E-state index in [0.717, 1.165) is 22.4 Å². The van der Waals surface area contributed by atoms with Gasteiger partial charge in [0.1, 0.15) is 10.9 Å². The van der Waals surface area contributed by atoms with Gasteiger partial charge in [0.15, 0.2) is 0 Å². The number of carbonyl (C=O) groups is 1. The highest BCUT2D eigenvalue weighted by Crippen LogP contribution is 2.43. The number of hydrogen-bond donors (Lipinski definition) is 0. The molecule has 4 rings (SSSR count). The Bertz CT molecular complexity index is 1010. The van der Waals surface area contributed by atoms with Gasteiger partial charge in [0.05, 0.1) is 12.8 Å². The molecule has 0 bridgehead atoms. The summed E-state index contributed by atoms with van der Waals surface area (Å²) in [4.78, 5) is 18.8.